The summed E-state index contributed by atoms with van der Waals surface area (Å²) < 4.78 is 0. The van der Waals surface area contributed by atoms with E-state index < -0.39 is 5.97 Å². The third-order valence-corrected chi connectivity index (χ3v) is 2.21. The van der Waals surface area contributed by atoms with Crippen LogP contribution in [-0.2, 0) is 9.59 Å². The van der Waals surface area contributed by atoms with Gasteiger partial charge in [0.2, 0.25) is 5.91 Å². The van der Waals surface area contributed by atoms with Crippen LogP contribution in [0.2, 0.25) is 0 Å². The van der Waals surface area contributed by atoms with Gasteiger partial charge in [-0.1, -0.05) is 0 Å². The number of rotatable bonds is 5. The number of carbonyl (C=O) groups excluding carboxylic acids is 1. The minimum atomic E-state index is -0.876. The molecule has 16 heavy (non-hydrogen) atoms. The summed E-state index contributed by atoms with van der Waals surface area (Å²) in [5, 5.41) is 8.45. The molecule has 0 atom stereocenters. The summed E-state index contributed by atoms with van der Waals surface area (Å²) in [4.78, 5) is 27.3. The first-order valence-electron chi connectivity index (χ1n) is 4.99. The molecule has 0 spiro atoms. The van der Waals surface area contributed by atoms with Crippen LogP contribution in [0.15, 0.2) is 24.5 Å². The van der Waals surface area contributed by atoms with Crippen LogP contribution in [0.1, 0.15) is 19.3 Å². The molecule has 0 aliphatic heterocycles. The zero-order valence-corrected chi connectivity index (χ0v) is 9.09. The van der Waals surface area contributed by atoms with Crippen molar-refractivity contribution in [3.05, 3.63) is 24.5 Å². The number of carbonyl (C=O) groups is 2. The maximum Gasteiger partial charge on any atom is 0.303 e. The number of nitrogens with zero attached hydrogens (tertiary/aromatic N) is 2. The molecule has 5 nitrogen and oxygen atoms in total. The van der Waals surface area contributed by atoms with Gasteiger partial charge >= 0.3 is 5.97 Å². The summed E-state index contributed by atoms with van der Waals surface area (Å²) in [5.41, 5.74) is 0.760. The van der Waals surface area contributed by atoms with Crippen LogP contribution in [0.25, 0.3) is 0 Å². The van der Waals surface area contributed by atoms with E-state index in [2.05, 4.69) is 4.98 Å². The molecule has 1 amide bonds. The van der Waals surface area contributed by atoms with Crippen molar-refractivity contribution in [2.24, 2.45) is 0 Å². The van der Waals surface area contributed by atoms with Crippen molar-refractivity contribution >= 4 is 17.6 Å². The summed E-state index contributed by atoms with van der Waals surface area (Å²) in [6.07, 6.45) is 3.84. The summed E-state index contributed by atoms with van der Waals surface area (Å²) in [6, 6.07) is 3.46. The highest BCUT2D eigenvalue weighted by Crippen LogP contribution is 2.12. The van der Waals surface area contributed by atoms with Gasteiger partial charge in [-0.15, -0.1) is 0 Å². The number of aliphatic carboxylic acids is 1. The van der Waals surface area contributed by atoms with Crippen LogP contribution in [0, 0.1) is 0 Å². The van der Waals surface area contributed by atoms with Gasteiger partial charge in [0.25, 0.3) is 0 Å². The van der Waals surface area contributed by atoms with Gasteiger partial charge in [-0.05, 0) is 18.6 Å². The lowest BCUT2D eigenvalue weighted by Gasteiger charge is -2.16. The molecule has 0 radical (unpaired) electrons. The zero-order valence-electron chi connectivity index (χ0n) is 9.09. The number of hydrogen-bond acceptors (Lipinski definition) is 3. The third-order valence-electron chi connectivity index (χ3n) is 2.21. The van der Waals surface area contributed by atoms with Gasteiger partial charge in [0.15, 0.2) is 0 Å². The minimum Gasteiger partial charge on any atom is -0.481 e. The van der Waals surface area contributed by atoms with Gasteiger partial charge in [0.05, 0.1) is 0 Å². The number of amides is 1. The Morgan fingerprint density at radius 3 is 2.50 bits per heavy atom. The Morgan fingerprint density at radius 1 is 1.31 bits per heavy atom. The number of carboxylic acid groups (broad SMARTS) is 1. The summed E-state index contributed by atoms with van der Waals surface area (Å²) in [5.74, 6) is -0.966. The molecule has 0 unspecified atom stereocenters. The molecule has 1 aromatic rings. The quantitative estimate of drug-likeness (QED) is 0.815. The lowest BCUT2D eigenvalue weighted by atomic mass is 10.2. The monoisotopic (exact) mass is 222 g/mol. The van der Waals surface area contributed by atoms with Gasteiger partial charge in [-0.25, -0.2) is 0 Å². The second-order valence-electron chi connectivity index (χ2n) is 3.41. The Kier molecular flexibility index (Phi) is 4.44. The van der Waals surface area contributed by atoms with E-state index >= 15 is 0 Å². The van der Waals surface area contributed by atoms with E-state index in [1.807, 2.05) is 0 Å². The fourth-order valence-corrected chi connectivity index (χ4v) is 1.27. The van der Waals surface area contributed by atoms with Crippen molar-refractivity contribution < 1.29 is 14.7 Å². The van der Waals surface area contributed by atoms with Crippen molar-refractivity contribution in [1.29, 1.82) is 0 Å². The first-order valence-corrected chi connectivity index (χ1v) is 4.99. The summed E-state index contributed by atoms with van der Waals surface area (Å²) >= 11 is 0. The van der Waals surface area contributed by atoms with Crippen LogP contribution in [0.4, 0.5) is 5.69 Å². The first kappa shape index (κ1) is 12.2. The second kappa shape index (κ2) is 5.85. The van der Waals surface area contributed by atoms with E-state index in [0.717, 1.165) is 5.69 Å². The Labute approximate surface area is 93.7 Å². The Morgan fingerprint density at radius 2 is 1.94 bits per heavy atom. The number of pyridine rings is 1. The van der Waals surface area contributed by atoms with Gasteiger partial charge in [-0.3, -0.25) is 14.6 Å². The average Bonchev–Trinajstić information content (AvgIpc) is 2.28. The number of hydrogen-bond donors (Lipinski definition) is 1. The van der Waals surface area contributed by atoms with Crippen molar-refractivity contribution in [2.45, 2.75) is 19.3 Å². The Hall–Kier alpha value is -1.91. The highest BCUT2D eigenvalue weighted by molar-refractivity contribution is 5.92. The highest BCUT2D eigenvalue weighted by Gasteiger charge is 2.10. The van der Waals surface area contributed by atoms with Crippen molar-refractivity contribution in [2.75, 3.05) is 11.9 Å². The molecule has 0 aliphatic carbocycles. The normalized spacial score (nSPS) is 9.81. The number of carboxylic acids is 1. The van der Waals surface area contributed by atoms with Crippen LogP contribution >= 0.6 is 0 Å². The maximum atomic E-state index is 11.6. The number of anilines is 1. The lowest BCUT2D eigenvalue weighted by Crippen LogP contribution is -2.25. The molecule has 86 valence electrons. The molecule has 0 bridgehead atoms. The fourth-order valence-electron chi connectivity index (χ4n) is 1.27. The molecule has 0 fully saturated rings. The van der Waals surface area contributed by atoms with Crippen molar-refractivity contribution in [3.63, 3.8) is 0 Å². The summed E-state index contributed by atoms with van der Waals surface area (Å²) in [6.45, 7) is 0. The fraction of sp³-hybridized carbons (Fsp3) is 0.364. The van der Waals surface area contributed by atoms with Crippen LogP contribution in [-0.4, -0.2) is 29.0 Å². The average molecular weight is 222 g/mol. The number of aromatic nitrogens is 1. The molecule has 0 aliphatic rings. The first-order chi connectivity index (χ1) is 7.61. The van der Waals surface area contributed by atoms with Crippen LogP contribution in [0.3, 0.4) is 0 Å². The molecule has 0 aromatic carbocycles. The predicted octanol–water partition coefficient (Wildman–Crippen LogP) is 1.30. The zero-order chi connectivity index (χ0) is 12.0. The standard InChI is InChI=1S/C11H14N2O3/c1-13(9-5-7-12-8-6-9)10(14)3-2-4-11(15)16/h5-8H,2-4H2,1H3,(H,15,16). The van der Waals surface area contributed by atoms with E-state index in [4.69, 9.17) is 5.11 Å². The molecule has 0 saturated heterocycles. The SMILES string of the molecule is CN(C(=O)CCCC(=O)O)c1ccncc1. The molecular formula is C11H14N2O3. The van der Waals surface area contributed by atoms with Crippen LogP contribution in [0.5, 0.6) is 0 Å². The summed E-state index contributed by atoms with van der Waals surface area (Å²) in [7, 11) is 1.67. The smallest absolute Gasteiger partial charge is 0.303 e. The second-order valence-corrected chi connectivity index (χ2v) is 3.41. The van der Waals surface area contributed by atoms with Gasteiger partial charge < -0.3 is 10.0 Å². The maximum absolute atomic E-state index is 11.6. The largest absolute Gasteiger partial charge is 0.481 e. The van der Waals surface area contributed by atoms with Gasteiger partial charge in [-0.2, -0.15) is 0 Å². The molecule has 1 rings (SSSR count). The molecule has 0 saturated carbocycles. The Bertz CT molecular complexity index is 365. The molecular weight excluding hydrogens is 208 g/mol. The lowest BCUT2D eigenvalue weighted by molar-refractivity contribution is -0.137. The predicted molar refractivity (Wildman–Crippen MR) is 59.1 cm³/mol. The van der Waals surface area contributed by atoms with E-state index in [9.17, 15) is 9.59 Å². The van der Waals surface area contributed by atoms with Crippen LogP contribution < -0.4 is 4.90 Å². The molecule has 1 N–H and O–H groups in total. The molecule has 1 heterocycles. The minimum absolute atomic E-state index is 0.0237. The third kappa shape index (κ3) is 3.68. The van der Waals surface area contributed by atoms with E-state index in [-0.39, 0.29) is 18.7 Å². The van der Waals surface area contributed by atoms with Gasteiger partial charge in [0, 0.05) is 38.0 Å². The molecule has 1 aromatic heterocycles. The topological polar surface area (TPSA) is 70.5 Å². The van der Waals surface area contributed by atoms with Crippen molar-refractivity contribution in [3.8, 4) is 0 Å². The van der Waals surface area contributed by atoms with Crippen molar-refractivity contribution in [1.82, 2.24) is 4.98 Å². The molecule has 5 heteroatoms. The van der Waals surface area contributed by atoms with E-state index in [0.29, 0.717) is 6.42 Å². The van der Waals surface area contributed by atoms with Gasteiger partial charge in [0.1, 0.15) is 0 Å². The highest BCUT2D eigenvalue weighted by atomic mass is 16.4. The Balaban J connectivity index is 2.45. The van der Waals surface area contributed by atoms with E-state index in [1.165, 1.54) is 4.90 Å². The van der Waals surface area contributed by atoms with E-state index in [1.54, 1.807) is 31.6 Å².